The van der Waals surface area contributed by atoms with E-state index in [4.69, 9.17) is 23.2 Å². The van der Waals surface area contributed by atoms with Gasteiger partial charge in [-0.05, 0) is 30.0 Å². The van der Waals surface area contributed by atoms with Crippen LogP contribution in [0.15, 0.2) is 24.5 Å². The maximum absolute atomic E-state index is 13.6. The number of halogens is 2. The van der Waals surface area contributed by atoms with Gasteiger partial charge in [-0.15, -0.1) is 0 Å². The number of fused-ring (bicyclic) bond motifs is 1. The minimum atomic E-state index is -0.528. The highest BCUT2D eigenvalue weighted by molar-refractivity contribution is 6.42. The zero-order chi connectivity index (χ0) is 23.7. The zero-order valence-corrected chi connectivity index (χ0v) is 20.8. The van der Waals surface area contributed by atoms with Crippen molar-refractivity contribution < 1.29 is 9.90 Å². The number of benzene rings is 1. The topological polar surface area (TPSA) is 81.6 Å². The predicted octanol–water partition coefficient (Wildman–Crippen LogP) is 3.75. The van der Waals surface area contributed by atoms with Crippen LogP contribution in [0.2, 0.25) is 10.0 Å². The first kappa shape index (κ1) is 24.2. The van der Waals surface area contributed by atoms with E-state index in [1.807, 2.05) is 11.0 Å². The maximum atomic E-state index is 13.6. The van der Waals surface area contributed by atoms with Crippen LogP contribution < -0.4 is 10.2 Å². The van der Waals surface area contributed by atoms with E-state index < -0.39 is 6.10 Å². The van der Waals surface area contributed by atoms with Crippen molar-refractivity contribution in [1.82, 2.24) is 20.2 Å². The van der Waals surface area contributed by atoms with Crippen LogP contribution in [0.1, 0.15) is 62.0 Å². The fourth-order valence-electron chi connectivity index (χ4n) is 4.74. The number of amides is 1. The number of hydrogen-bond acceptors (Lipinski definition) is 6. The molecule has 1 aliphatic heterocycles. The Morgan fingerprint density at radius 3 is 2.58 bits per heavy atom. The molecule has 3 atom stereocenters. The monoisotopic (exact) mass is 491 g/mol. The minimum absolute atomic E-state index is 0.0814. The number of nitrogens with one attached hydrogen (secondary N) is 1. The van der Waals surface area contributed by atoms with Crippen molar-refractivity contribution in [2.45, 2.75) is 51.2 Å². The molecule has 2 aromatic rings. The van der Waals surface area contributed by atoms with Gasteiger partial charge in [0.1, 0.15) is 12.1 Å². The van der Waals surface area contributed by atoms with Gasteiger partial charge in [-0.3, -0.25) is 4.79 Å². The average Bonchev–Trinajstić information content (AvgIpc) is 3.09. The third-order valence-corrected chi connectivity index (χ3v) is 7.28. The fraction of sp³-hybridized carbons (Fsp3) is 0.542. The van der Waals surface area contributed by atoms with Crippen LogP contribution in [-0.2, 0) is 4.79 Å². The third-order valence-electron chi connectivity index (χ3n) is 6.54. The number of carbonyl (C=O) groups is 1. The van der Waals surface area contributed by atoms with Crippen molar-refractivity contribution in [2.24, 2.45) is 0 Å². The molecule has 33 heavy (non-hydrogen) atoms. The van der Waals surface area contributed by atoms with Gasteiger partial charge in [-0.1, -0.05) is 50.0 Å². The Morgan fingerprint density at radius 1 is 1.18 bits per heavy atom. The third kappa shape index (κ3) is 5.11. The van der Waals surface area contributed by atoms with E-state index in [-0.39, 0.29) is 23.8 Å². The molecule has 7 nitrogen and oxygen atoms in total. The minimum Gasteiger partial charge on any atom is -0.387 e. The van der Waals surface area contributed by atoms with E-state index >= 15 is 0 Å². The number of nitrogens with zero attached hydrogens (tertiary/aromatic N) is 4. The molecule has 1 aromatic carbocycles. The summed E-state index contributed by atoms with van der Waals surface area (Å²) in [6.07, 6.45) is 1.68. The van der Waals surface area contributed by atoms with Crippen LogP contribution in [0.4, 0.5) is 5.82 Å². The SMILES string of the molecule is CC(C)NCC(C(=O)N1CCN(c2ncnc3c2[C@H](C)C[C@H]3O)CC1)c1ccc(Cl)c(Cl)c1. The van der Waals surface area contributed by atoms with Gasteiger partial charge in [0.25, 0.3) is 0 Å². The van der Waals surface area contributed by atoms with Crippen LogP contribution in [-0.4, -0.2) is 64.6 Å². The lowest BCUT2D eigenvalue weighted by molar-refractivity contribution is -0.133. The van der Waals surface area contributed by atoms with Crippen molar-refractivity contribution in [3.63, 3.8) is 0 Å². The number of aromatic nitrogens is 2. The van der Waals surface area contributed by atoms with Crippen LogP contribution in [0.25, 0.3) is 0 Å². The number of rotatable bonds is 6. The lowest BCUT2D eigenvalue weighted by Gasteiger charge is -2.38. The average molecular weight is 492 g/mol. The van der Waals surface area contributed by atoms with E-state index in [9.17, 15) is 9.90 Å². The van der Waals surface area contributed by atoms with Gasteiger partial charge >= 0.3 is 0 Å². The number of aliphatic hydroxyl groups is 1. The van der Waals surface area contributed by atoms with Crippen LogP contribution in [0, 0.1) is 0 Å². The molecular weight excluding hydrogens is 461 g/mol. The largest absolute Gasteiger partial charge is 0.387 e. The molecule has 9 heteroatoms. The van der Waals surface area contributed by atoms with E-state index in [0.29, 0.717) is 49.2 Å². The Hall–Kier alpha value is -1.93. The normalized spacial score (nSPS) is 21.4. The number of piperazine rings is 1. The Balaban J connectivity index is 1.49. The smallest absolute Gasteiger partial charge is 0.231 e. The first-order valence-electron chi connectivity index (χ1n) is 11.5. The van der Waals surface area contributed by atoms with Crippen molar-refractivity contribution in [2.75, 3.05) is 37.6 Å². The van der Waals surface area contributed by atoms with Crippen LogP contribution >= 0.6 is 23.2 Å². The lowest BCUT2D eigenvalue weighted by Crippen LogP contribution is -2.51. The van der Waals surface area contributed by atoms with E-state index in [1.54, 1.807) is 12.1 Å². The molecule has 2 aliphatic rings. The van der Waals surface area contributed by atoms with Crippen molar-refractivity contribution in [1.29, 1.82) is 0 Å². The van der Waals surface area contributed by atoms with Gasteiger partial charge in [0.2, 0.25) is 5.91 Å². The molecule has 2 N–H and O–H groups in total. The Morgan fingerprint density at radius 2 is 1.91 bits per heavy atom. The molecule has 1 unspecified atom stereocenters. The predicted molar refractivity (Wildman–Crippen MR) is 131 cm³/mol. The van der Waals surface area contributed by atoms with Crippen molar-refractivity contribution >= 4 is 34.9 Å². The molecule has 1 aliphatic carbocycles. The molecular formula is C24H31Cl2N5O2. The Labute approximate surface area is 205 Å². The van der Waals surface area contributed by atoms with Gasteiger partial charge in [-0.25, -0.2) is 9.97 Å². The summed E-state index contributed by atoms with van der Waals surface area (Å²) < 4.78 is 0. The summed E-state index contributed by atoms with van der Waals surface area (Å²) in [7, 11) is 0. The van der Waals surface area contributed by atoms with E-state index in [1.165, 1.54) is 6.33 Å². The van der Waals surface area contributed by atoms with Gasteiger partial charge in [-0.2, -0.15) is 0 Å². The summed E-state index contributed by atoms with van der Waals surface area (Å²) in [4.78, 5) is 26.6. The Bertz CT molecular complexity index is 1010. The summed E-state index contributed by atoms with van der Waals surface area (Å²) in [5, 5.41) is 14.6. The second kappa shape index (κ2) is 10.1. The number of anilines is 1. The molecule has 4 rings (SSSR count). The quantitative estimate of drug-likeness (QED) is 0.640. The molecule has 0 spiro atoms. The number of hydrogen-bond donors (Lipinski definition) is 2. The van der Waals surface area contributed by atoms with Crippen LogP contribution in [0.5, 0.6) is 0 Å². The molecule has 0 bridgehead atoms. The first-order valence-corrected chi connectivity index (χ1v) is 12.3. The highest BCUT2D eigenvalue weighted by Gasteiger charge is 2.35. The first-order chi connectivity index (χ1) is 15.8. The number of aliphatic hydroxyl groups excluding tert-OH is 1. The molecule has 1 amide bonds. The summed E-state index contributed by atoms with van der Waals surface area (Å²) in [6.45, 7) is 9.34. The summed E-state index contributed by atoms with van der Waals surface area (Å²) in [5.41, 5.74) is 2.64. The maximum Gasteiger partial charge on any atom is 0.231 e. The molecule has 0 saturated carbocycles. The van der Waals surface area contributed by atoms with Crippen LogP contribution in [0.3, 0.4) is 0 Å². The van der Waals surface area contributed by atoms with Crippen molar-refractivity contribution in [3.05, 3.63) is 51.4 Å². The lowest BCUT2D eigenvalue weighted by atomic mass is 9.96. The van der Waals surface area contributed by atoms with Gasteiger partial charge < -0.3 is 20.2 Å². The van der Waals surface area contributed by atoms with Gasteiger partial charge in [0, 0.05) is 44.3 Å². The second-order valence-corrected chi connectivity index (χ2v) is 10.1. The number of carbonyl (C=O) groups excluding carboxylic acids is 1. The molecule has 2 heterocycles. The summed E-state index contributed by atoms with van der Waals surface area (Å²) in [6, 6.07) is 5.68. The van der Waals surface area contributed by atoms with Gasteiger partial charge in [0.15, 0.2) is 0 Å². The molecule has 1 aromatic heterocycles. The standard InChI is InChI=1S/C24H31Cl2N5O2/c1-14(2)27-12-17(16-4-5-18(25)19(26)11-16)24(33)31-8-6-30(7-9-31)23-21-15(3)10-20(32)22(21)28-13-29-23/h4-5,11,13-15,17,20,27,32H,6-10,12H2,1-3H3/t15-,17?,20-/m1/s1. The molecule has 0 radical (unpaired) electrons. The highest BCUT2D eigenvalue weighted by Crippen LogP contribution is 2.42. The summed E-state index contributed by atoms with van der Waals surface area (Å²) in [5.74, 6) is 0.843. The summed E-state index contributed by atoms with van der Waals surface area (Å²) >= 11 is 12.4. The molecule has 1 fully saturated rings. The van der Waals surface area contributed by atoms with E-state index in [2.05, 4.69) is 41.0 Å². The molecule has 178 valence electrons. The Kier molecular flexibility index (Phi) is 7.43. The zero-order valence-electron chi connectivity index (χ0n) is 19.3. The van der Waals surface area contributed by atoms with Crippen molar-refractivity contribution in [3.8, 4) is 0 Å². The van der Waals surface area contributed by atoms with Gasteiger partial charge in [0.05, 0.1) is 27.8 Å². The highest BCUT2D eigenvalue weighted by atomic mass is 35.5. The van der Waals surface area contributed by atoms with E-state index in [0.717, 1.165) is 22.6 Å². The second-order valence-electron chi connectivity index (χ2n) is 9.25. The fourth-order valence-corrected chi connectivity index (χ4v) is 5.05. The molecule has 1 saturated heterocycles.